The van der Waals surface area contributed by atoms with Gasteiger partial charge >= 0.3 is 0 Å². The Morgan fingerprint density at radius 1 is 1.57 bits per heavy atom. The van der Waals surface area contributed by atoms with E-state index in [2.05, 4.69) is 6.92 Å². The van der Waals surface area contributed by atoms with E-state index < -0.39 is 0 Å². The van der Waals surface area contributed by atoms with Crippen molar-refractivity contribution < 1.29 is 4.74 Å². The van der Waals surface area contributed by atoms with Gasteiger partial charge in [-0.05, 0) is 25.5 Å². The SMILES string of the molecule is CCC(C)Oc1cccc(C(=N)N)c1. The predicted octanol–water partition coefficient (Wildman–Crippen LogP) is 2.15. The minimum absolute atomic E-state index is 0.0691. The van der Waals surface area contributed by atoms with E-state index in [4.69, 9.17) is 15.9 Å². The molecule has 0 aliphatic heterocycles. The second kappa shape index (κ2) is 4.65. The van der Waals surface area contributed by atoms with Gasteiger partial charge in [0.25, 0.3) is 0 Å². The van der Waals surface area contributed by atoms with Gasteiger partial charge in [-0.15, -0.1) is 0 Å². The summed E-state index contributed by atoms with van der Waals surface area (Å²) in [5, 5.41) is 7.28. The van der Waals surface area contributed by atoms with Gasteiger partial charge < -0.3 is 10.5 Å². The Kier molecular flexibility index (Phi) is 3.51. The summed E-state index contributed by atoms with van der Waals surface area (Å²) in [6, 6.07) is 7.30. The average Bonchev–Trinajstić information content (AvgIpc) is 2.18. The molecule has 0 fully saturated rings. The number of rotatable bonds is 4. The zero-order chi connectivity index (χ0) is 10.6. The lowest BCUT2D eigenvalue weighted by Crippen LogP contribution is -2.13. The van der Waals surface area contributed by atoms with E-state index in [0.717, 1.165) is 12.2 Å². The van der Waals surface area contributed by atoms with Gasteiger partial charge in [0.05, 0.1) is 6.10 Å². The first-order chi connectivity index (χ1) is 6.63. The highest BCUT2D eigenvalue weighted by molar-refractivity contribution is 5.95. The number of nitrogens with one attached hydrogen (secondary N) is 1. The second-order valence-corrected chi connectivity index (χ2v) is 3.28. The largest absolute Gasteiger partial charge is 0.491 e. The molecule has 3 N–H and O–H groups in total. The summed E-state index contributed by atoms with van der Waals surface area (Å²) >= 11 is 0. The number of amidine groups is 1. The molecule has 76 valence electrons. The Bertz CT molecular complexity index is 323. The first-order valence-corrected chi connectivity index (χ1v) is 4.74. The van der Waals surface area contributed by atoms with Crippen LogP contribution >= 0.6 is 0 Å². The van der Waals surface area contributed by atoms with E-state index in [1.807, 2.05) is 19.1 Å². The average molecular weight is 192 g/mol. The van der Waals surface area contributed by atoms with E-state index in [9.17, 15) is 0 Å². The zero-order valence-corrected chi connectivity index (χ0v) is 8.58. The summed E-state index contributed by atoms with van der Waals surface area (Å²) in [5.74, 6) is 0.839. The van der Waals surface area contributed by atoms with Crippen LogP contribution in [0.4, 0.5) is 0 Å². The molecule has 0 amide bonds. The van der Waals surface area contributed by atoms with Crippen LogP contribution < -0.4 is 10.5 Å². The Labute approximate surface area is 84.4 Å². The Morgan fingerprint density at radius 2 is 2.29 bits per heavy atom. The van der Waals surface area contributed by atoms with Crippen molar-refractivity contribution in [1.82, 2.24) is 0 Å². The molecule has 1 unspecified atom stereocenters. The topological polar surface area (TPSA) is 59.1 Å². The lowest BCUT2D eigenvalue weighted by atomic mass is 10.2. The molecule has 3 heteroatoms. The van der Waals surface area contributed by atoms with Crippen molar-refractivity contribution in [3.8, 4) is 5.75 Å². The maximum absolute atomic E-state index is 7.28. The smallest absolute Gasteiger partial charge is 0.122 e. The first kappa shape index (κ1) is 10.6. The second-order valence-electron chi connectivity index (χ2n) is 3.28. The highest BCUT2D eigenvalue weighted by Gasteiger charge is 2.02. The van der Waals surface area contributed by atoms with Crippen LogP contribution in [0.2, 0.25) is 0 Å². The highest BCUT2D eigenvalue weighted by atomic mass is 16.5. The molecule has 1 atom stereocenters. The van der Waals surface area contributed by atoms with Gasteiger partial charge in [-0.3, -0.25) is 5.41 Å². The Hall–Kier alpha value is -1.51. The minimum Gasteiger partial charge on any atom is -0.491 e. The monoisotopic (exact) mass is 192 g/mol. The maximum atomic E-state index is 7.28. The number of ether oxygens (including phenoxy) is 1. The standard InChI is InChI=1S/C11H16N2O/c1-3-8(2)14-10-6-4-5-9(7-10)11(12)13/h4-8H,3H2,1-2H3,(H3,12,13). The molecule has 0 radical (unpaired) electrons. The molecule has 0 aromatic heterocycles. The van der Waals surface area contributed by atoms with Crippen LogP contribution in [-0.4, -0.2) is 11.9 Å². The van der Waals surface area contributed by atoms with Crippen molar-refractivity contribution in [3.63, 3.8) is 0 Å². The lowest BCUT2D eigenvalue weighted by molar-refractivity contribution is 0.217. The lowest BCUT2D eigenvalue weighted by Gasteiger charge is -2.12. The summed E-state index contributed by atoms with van der Waals surface area (Å²) in [6.07, 6.45) is 1.15. The predicted molar refractivity (Wildman–Crippen MR) is 57.8 cm³/mol. The van der Waals surface area contributed by atoms with Gasteiger partial charge in [0.1, 0.15) is 11.6 Å². The molecule has 1 aromatic rings. The zero-order valence-electron chi connectivity index (χ0n) is 8.58. The van der Waals surface area contributed by atoms with E-state index in [0.29, 0.717) is 5.56 Å². The van der Waals surface area contributed by atoms with Crippen LogP contribution in [0.1, 0.15) is 25.8 Å². The summed E-state index contributed by atoms with van der Waals surface area (Å²) < 4.78 is 5.60. The molecule has 0 aliphatic rings. The number of nitrogens with two attached hydrogens (primary N) is 1. The molecule has 0 heterocycles. The third-order valence-corrected chi connectivity index (χ3v) is 2.06. The van der Waals surface area contributed by atoms with Gasteiger partial charge in [0.15, 0.2) is 0 Å². The normalized spacial score (nSPS) is 12.1. The number of benzene rings is 1. The summed E-state index contributed by atoms with van der Waals surface area (Å²) in [4.78, 5) is 0. The van der Waals surface area contributed by atoms with Crippen molar-refractivity contribution in [1.29, 1.82) is 5.41 Å². The van der Waals surface area contributed by atoms with E-state index in [1.54, 1.807) is 12.1 Å². The Morgan fingerprint density at radius 3 is 2.86 bits per heavy atom. The molecular formula is C11H16N2O. The van der Waals surface area contributed by atoms with E-state index in [1.165, 1.54) is 0 Å². The van der Waals surface area contributed by atoms with Crippen molar-refractivity contribution in [2.75, 3.05) is 0 Å². The molecule has 0 spiro atoms. The molecule has 0 saturated heterocycles. The van der Waals surface area contributed by atoms with Crippen molar-refractivity contribution in [2.24, 2.45) is 5.73 Å². The molecule has 0 saturated carbocycles. The van der Waals surface area contributed by atoms with Gasteiger partial charge in [0, 0.05) is 5.56 Å². The molecule has 1 aromatic carbocycles. The molecule has 3 nitrogen and oxygen atoms in total. The van der Waals surface area contributed by atoms with E-state index in [-0.39, 0.29) is 11.9 Å². The molecule has 0 aliphatic carbocycles. The van der Waals surface area contributed by atoms with Gasteiger partial charge in [-0.2, -0.15) is 0 Å². The van der Waals surface area contributed by atoms with Crippen LogP contribution in [0.3, 0.4) is 0 Å². The third kappa shape index (κ3) is 2.76. The van der Waals surface area contributed by atoms with Gasteiger partial charge in [0.2, 0.25) is 0 Å². The van der Waals surface area contributed by atoms with Crippen LogP contribution in [-0.2, 0) is 0 Å². The van der Waals surface area contributed by atoms with Crippen molar-refractivity contribution in [2.45, 2.75) is 26.4 Å². The number of hydrogen-bond donors (Lipinski definition) is 2. The fourth-order valence-electron chi connectivity index (χ4n) is 1.05. The van der Waals surface area contributed by atoms with Crippen LogP contribution in [0.5, 0.6) is 5.75 Å². The first-order valence-electron chi connectivity index (χ1n) is 4.74. The molecule has 0 bridgehead atoms. The fraction of sp³-hybridized carbons (Fsp3) is 0.364. The number of nitrogen functional groups attached to an aromatic ring is 1. The summed E-state index contributed by atoms with van der Waals surface area (Å²) in [5.41, 5.74) is 6.07. The van der Waals surface area contributed by atoms with Gasteiger partial charge in [-0.25, -0.2) is 0 Å². The quantitative estimate of drug-likeness (QED) is 0.567. The maximum Gasteiger partial charge on any atom is 0.122 e. The van der Waals surface area contributed by atoms with Crippen LogP contribution in [0.25, 0.3) is 0 Å². The van der Waals surface area contributed by atoms with Crippen LogP contribution in [0, 0.1) is 5.41 Å². The highest BCUT2D eigenvalue weighted by Crippen LogP contribution is 2.15. The van der Waals surface area contributed by atoms with Crippen molar-refractivity contribution >= 4 is 5.84 Å². The van der Waals surface area contributed by atoms with Crippen LogP contribution in [0.15, 0.2) is 24.3 Å². The van der Waals surface area contributed by atoms with E-state index >= 15 is 0 Å². The fourth-order valence-corrected chi connectivity index (χ4v) is 1.05. The summed E-state index contributed by atoms with van der Waals surface area (Å²) in [6.45, 7) is 4.08. The number of hydrogen-bond acceptors (Lipinski definition) is 2. The Balaban J connectivity index is 2.78. The van der Waals surface area contributed by atoms with Crippen molar-refractivity contribution in [3.05, 3.63) is 29.8 Å². The summed E-state index contributed by atoms with van der Waals surface area (Å²) in [7, 11) is 0. The molecular weight excluding hydrogens is 176 g/mol. The molecule has 1 rings (SSSR count). The third-order valence-electron chi connectivity index (χ3n) is 2.06. The minimum atomic E-state index is 0.0691. The molecule has 14 heavy (non-hydrogen) atoms. The van der Waals surface area contributed by atoms with Gasteiger partial charge in [-0.1, -0.05) is 19.1 Å².